The summed E-state index contributed by atoms with van der Waals surface area (Å²) >= 11 is 5.84. The Morgan fingerprint density at radius 3 is 2.57 bits per heavy atom. The fraction of sp³-hybridized carbons (Fsp3) is 0.158. The van der Waals surface area contributed by atoms with E-state index in [0.29, 0.717) is 29.4 Å². The first-order valence-electron chi connectivity index (χ1n) is 8.51. The molecule has 1 heterocycles. The Balaban J connectivity index is 1.92. The van der Waals surface area contributed by atoms with Gasteiger partial charge < -0.3 is 5.11 Å². The molecule has 3 N–H and O–H groups in total. The van der Waals surface area contributed by atoms with Crippen LogP contribution in [-0.4, -0.2) is 26.8 Å². The van der Waals surface area contributed by atoms with Crippen LogP contribution < -0.4 is 16.4 Å². The van der Waals surface area contributed by atoms with Crippen LogP contribution in [0.3, 0.4) is 0 Å². The van der Waals surface area contributed by atoms with Crippen molar-refractivity contribution in [3.63, 3.8) is 0 Å². The number of hydrazine groups is 1. The highest BCUT2D eigenvalue weighted by atomic mass is 35.5. The summed E-state index contributed by atoms with van der Waals surface area (Å²) in [6.45, 7) is 2.29. The van der Waals surface area contributed by atoms with Gasteiger partial charge in [0, 0.05) is 11.9 Å². The highest BCUT2D eigenvalue weighted by molar-refractivity contribution is 6.33. The molecule has 3 rings (SSSR count). The summed E-state index contributed by atoms with van der Waals surface area (Å²) in [4.78, 5) is 36.4. The first-order chi connectivity index (χ1) is 13.4. The third-order valence-corrected chi connectivity index (χ3v) is 4.36. The number of halogens is 1. The third kappa shape index (κ3) is 3.81. The van der Waals surface area contributed by atoms with E-state index >= 15 is 0 Å². The smallest absolute Gasteiger partial charge is 0.337 e. The van der Waals surface area contributed by atoms with Crippen molar-refractivity contribution in [2.24, 2.45) is 0 Å². The number of aromatic carboxylic acids is 1. The molecule has 2 aromatic carbocycles. The van der Waals surface area contributed by atoms with E-state index in [1.54, 1.807) is 24.3 Å². The van der Waals surface area contributed by atoms with Gasteiger partial charge in [-0.1, -0.05) is 36.7 Å². The quantitative estimate of drug-likeness (QED) is 0.548. The second-order valence-electron chi connectivity index (χ2n) is 6.00. The van der Waals surface area contributed by atoms with Gasteiger partial charge in [0.15, 0.2) is 5.69 Å². The zero-order chi connectivity index (χ0) is 20.3. The van der Waals surface area contributed by atoms with Gasteiger partial charge in [0.05, 0.1) is 21.7 Å². The number of carboxylic acid groups (broad SMARTS) is 1. The molecule has 0 spiro atoms. The summed E-state index contributed by atoms with van der Waals surface area (Å²) in [5.74, 6) is -1.74. The van der Waals surface area contributed by atoms with Gasteiger partial charge in [-0.3, -0.25) is 20.4 Å². The molecule has 28 heavy (non-hydrogen) atoms. The normalized spacial score (nSPS) is 10.6. The number of aryl methyl sites for hydroxylation is 1. The predicted molar refractivity (Wildman–Crippen MR) is 106 cm³/mol. The van der Waals surface area contributed by atoms with Crippen LogP contribution in [0.25, 0.3) is 10.8 Å². The topological polar surface area (TPSA) is 113 Å². The lowest BCUT2D eigenvalue weighted by Crippen LogP contribution is -2.33. The molecule has 0 unspecified atom stereocenters. The summed E-state index contributed by atoms with van der Waals surface area (Å²) in [7, 11) is 0. The number of fused-ring (bicyclic) bond motifs is 1. The lowest BCUT2D eigenvalue weighted by Gasteiger charge is -2.12. The zero-order valence-corrected chi connectivity index (χ0v) is 15.7. The predicted octanol–water partition coefficient (Wildman–Crippen LogP) is 2.92. The number of rotatable bonds is 6. The monoisotopic (exact) mass is 400 g/mol. The Bertz CT molecular complexity index is 1130. The Labute approximate surface area is 164 Å². The molecule has 1 aromatic heterocycles. The zero-order valence-electron chi connectivity index (χ0n) is 14.9. The lowest BCUT2D eigenvalue weighted by atomic mass is 10.1. The van der Waals surface area contributed by atoms with Gasteiger partial charge in [-0.15, -0.1) is 0 Å². The van der Waals surface area contributed by atoms with E-state index in [0.717, 1.165) is 0 Å². The number of aromatic nitrogens is 2. The number of hydrogen-bond acceptors (Lipinski definition) is 5. The highest BCUT2D eigenvalue weighted by Gasteiger charge is 2.17. The fourth-order valence-electron chi connectivity index (χ4n) is 2.72. The molecule has 0 aliphatic carbocycles. The van der Waals surface area contributed by atoms with Crippen LogP contribution in [0.2, 0.25) is 5.02 Å². The number of nitrogens with one attached hydrogen (secondary N) is 2. The van der Waals surface area contributed by atoms with Crippen LogP contribution in [0.1, 0.15) is 34.2 Å². The van der Waals surface area contributed by atoms with Crippen molar-refractivity contribution < 1.29 is 14.7 Å². The van der Waals surface area contributed by atoms with Crippen molar-refractivity contribution >= 4 is 39.9 Å². The molecule has 0 saturated heterocycles. The Morgan fingerprint density at radius 1 is 1.18 bits per heavy atom. The highest BCUT2D eigenvalue weighted by Crippen LogP contribution is 2.20. The Kier molecular flexibility index (Phi) is 5.60. The second-order valence-corrected chi connectivity index (χ2v) is 6.41. The molecule has 0 radical (unpaired) electrons. The van der Waals surface area contributed by atoms with Crippen molar-refractivity contribution in [1.82, 2.24) is 15.2 Å². The number of benzene rings is 2. The van der Waals surface area contributed by atoms with E-state index in [-0.39, 0.29) is 21.8 Å². The van der Waals surface area contributed by atoms with E-state index in [1.807, 2.05) is 6.92 Å². The molecule has 9 heteroatoms. The number of carbonyl (C=O) groups is 2. The summed E-state index contributed by atoms with van der Waals surface area (Å²) in [5.41, 5.74) is 5.19. The lowest BCUT2D eigenvalue weighted by molar-refractivity contribution is 0.0697. The minimum absolute atomic E-state index is 0.0866. The molecule has 0 aliphatic heterocycles. The third-order valence-electron chi connectivity index (χ3n) is 4.04. The maximum atomic E-state index is 12.7. The first-order valence-corrected chi connectivity index (χ1v) is 8.89. The van der Waals surface area contributed by atoms with E-state index < -0.39 is 11.9 Å². The minimum atomic E-state index is -1.18. The van der Waals surface area contributed by atoms with Crippen LogP contribution in [0, 0.1) is 0 Å². The Morgan fingerprint density at radius 2 is 1.89 bits per heavy atom. The van der Waals surface area contributed by atoms with Crippen molar-refractivity contribution in [2.75, 3.05) is 5.43 Å². The molecular weight excluding hydrogens is 384 g/mol. The van der Waals surface area contributed by atoms with Crippen LogP contribution in [0.5, 0.6) is 0 Å². The van der Waals surface area contributed by atoms with E-state index in [9.17, 15) is 14.4 Å². The number of carbonyl (C=O) groups excluding carboxylic acids is 1. The van der Waals surface area contributed by atoms with E-state index in [2.05, 4.69) is 16.0 Å². The van der Waals surface area contributed by atoms with E-state index in [4.69, 9.17) is 16.7 Å². The number of carboxylic acids is 1. The second kappa shape index (κ2) is 8.10. The van der Waals surface area contributed by atoms with Gasteiger partial charge in [-0.2, -0.15) is 5.10 Å². The van der Waals surface area contributed by atoms with Crippen LogP contribution in [0.15, 0.2) is 47.3 Å². The van der Waals surface area contributed by atoms with Crippen molar-refractivity contribution in [1.29, 1.82) is 0 Å². The maximum Gasteiger partial charge on any atom is 0.337 e. The van der Waals surface area contributed by atoms with Crippen LogP contribution in [0.4, 0.5) is 5.69 Å². The Hall–Kier alpha value is -3.39. The summed E-state index contributed by atoms with van der Waals surface area (Å²) in [6, 6.07) is 11.0. The standard InChI is InChI=1S/C19H17ClN4O4/c1-2-9-24-18(26)13-6-4-3-5-12(13)16(23-24)17(25)22-21-11-7-8-15(20)14(10-11)19(27)28/h3-8,10,21H,2,9H2,1H3,(H,22,25)(H,27,28). The van der Waals surface area contributed by atoms with Gasteiger partial charge in [0.2, 0.25) is 0 Å². The minimum Gasteiger partial charge on any atom is -0.478 e. The summed E-state index contributed by atoms with van der Waals surface area (Å²) in [6.07, 6.45) is 0.688. The fourth-order valence-corrected chi connectivity index (χ4v) is 2.92. The van der Waals surface area contributed by atoms with Crippen molar-refractivity contribution in [2.45, 2.75) is 19.9 Å². The van der Waals surface area contributed by atoms with Gasteiger partial charge in [0.25, 0.3) is 11.5 Å². The van der Waals surface area contributed by atoms with Crippen molar-refractivity contribution in [3.8, 4) is 0 Å². The largest absolute Gasteiger partial charge is 0.478 e. The average Bonchev–Trinajstić information content (AvgIpc) is 2.69. The molecule has 0 atom stereocenters. The van der Waals surface area contributed by atoms with Gasteiger partial charge in [0.1, 0.15) is 0 Å². The molecule has 144 valence electrons. The van der Waals surface area contributed by atoms with Crippen molar-refractivity contribution in [3.05, 3.63) is 69.1 Å². The number of amides is 1. The molecule has 0 fully saturated rings. The number of nitrogens with zero attached hydrogens (tertiary/aromatic N) is 2. The van der Waals surface area contributed by atoms with Gasteiger partial charge >= 0.3 is 5.97 Å². The summed E-state index contributed by atoms with van der Waals surface area (Å²) < 4.78 is 1.27. The molecule has 8 nitrogen and oxygen atoms in total. The molecule has 3 aromatic rings. The van der Waals surface area contributed by atoms with Crippen LogP contribution in [-0.2, 0) is 6.54 Å². The molecule has 0 saturated carbocycles. The SMILES string of the molecule is CCCn1nc(C(=O)NNc2ccc(Cl)c(C(=O)O)c2)c2ccccc2c1=O. The molecular formula is C19H17ClN4O4. The summed E-state index contributed by atoms with van der Waals surface area (Å²) in [5, 5.41) is 14.2. The number of hydrogen-bond donors (Lipinski definition) is 3. The number of anilines is 1. The molecule has 0 aliphatic rings. The first kappa shape index (κ1) is 19.4. The van der Waals surface area contributed by atoms with Gasteiger partial charge in [-0.05, 0) is 30.7 Å². The molecule has 1 amide bonds. The van der Waals surface area contributed by atoms with E-state index in [1.165, 1.54) is 22.9 Å². The average molecular weight is 401 g/mol. The van der Waals surface area contributed by atoms with Crippen LogP contribution >= 0.6 is 11.6 Å². The van der Waals surface area contributed by atoms with Gasteiger partial charge in [-0.25, -0.2) is 9.48 Å². The molecule has 0 bridgehead atoms. The maximum absolute atomic E-state index is 12.7.